The van der Waals surface area contributed by atoms with Crippen molar-refractivity contribution in [1.82, 2.24) is 29.5 Å². The molecular weight excluding hydrogens is 928 g/mol. The summed E-state index contributed by atoms with van der Waals surface area (Å²) in [4.78, 5) is 6.88. The van der Waals surface area contributed by atoms with Crippen LogP contribution < -0.4 is 14.9 Å². The molecule has 0 aliphatic carbocycles. The van der Waals surface area contributed by atoms with E-state index in [2.05, 4.69) is 89.1 Å². The fourth-order valence-electron chi connectivity index (χ4n) is 5.57. The second-order valence-electron chi connectivity index (χ2n) is 17.2. The number of halogens is 3. The minimum Gasteiger partial charge on any atom is -0.491 e. The highest BCUT2D eigenvalue weighted by Gasteiger charge is 2.17. The van der Waals surface area contributed by atoms with Gasteiger partial charge in [-0.25, -0.2) is 19.3 Å². The molecule has 12 nitrogen and oxygen atoms in total. The number of pyridine rings is 2. The van der Waals surface area contributed by atoms with Crippen LogP contribution in [-0.4, -0.2) is 88.3 Å². The quantitative estimate of drug-likeness (QED) is 0.0417. The first kappa shape index (κ1) is 51.6. The maximum Gasteiger partial charge on any atom is 0.488 e. The number of hydrogen-bond donors (Lipinski definition) is 2. The average molecular weight is 991 g/mol. The molecule has 6 aromatic rings. The van der Waals surface area contributed by atoms with Gasteiger partial charge in [-0.3, -0.25) is 0 Å². The Morgan fingerprint density at radius 2 is 1.15 bits per heavy atom. The Labute approximate surface area is 375 Å². The van der Waals surface area contributed by atoms with E-state index in [0.717, 1.165) is 55.7 Å². The molecule has 61 heavy (non-hydrogen) atoms. The second kappa shape index (κ2) is 23.6. The molecule has 0 fully saturated rings. The van der Waals surface area contributed by atoms with E-state index in [0.29, 0.717) is 31.3 Å². The van der Waals surface area contributed by atoms with Crippen LogP contribution in [0.3, 0.4) is 0 Å². The molecule has 0 saturated heterocycles. The van der Waals surface area contributed by atoms with Crippen LogP contribution in [0.1, 0.15) is 35.1 Å². The average Bonchev–Trinajstić information content (AvgIpc) is 3.67. The van der Waals surface area contributed by atoms with Crippen molar-refractivity contribution in [3.05, 3.63) is 88.7 Å². The van der Waals surface area contributed by atoms with Crippen molar-refractivity contribution in [1.29, 1.82) is 0 Å². The molecule has 0 atom stereocenters. The molecule has 2 aromatic carbocycles. The predicted molar refractivity (Wildman–Crippen MR) is 256 cm³/mol. The molecule has 0 aliphatic heterocycles. The predicted octanol–water partition coefficient (Wildman–Crippen LogP) is 9.61. The van der Waals surface area contributed by atoms with Crippen LogP contribution >= 0.6 is 22.6 Å². The summed E-state index contributed by atoms with van der Waals surface area (Å²) < 4.78 is 53.9. The van der Waals surface area contributed by atoms with Gasteiger partial charge >= 0.3 is 7.12 Å². The topological polar surface area (TPSA) is 139 Å². The van der Waals surface area contributed by atoms with Crippen LogP contribution in [0, 0.1) is 15.6 Å². The summed E-state index contributed by atoms with van der Waals surface area (Å²) in [6.45, 7) is 24.5. The van der Waals surface area contributed by atoms with Gasteiger partial charge in [-0.15, -0.1) is 0 Å². The van der Waals surface area contributed by atoms with Gasteiger partial charge in [0.15, 0.2) is 0 Å². The maximum atomic E-state index is 13.7. The fraction of sp³-hybridized carbons (Fsp3) is 0.442. The lowest BCUT2D eigenvalue weighted by molar-refractivity contribution is 0.0814. The molecule has 0 radical (unpaired) electrons. The van der Waals surface area contributed by atoms with E-state index < -0.39 is 35.2 Å². The fourth-order valence-corrected chi connectivity index (χ4v) is 7.77. The highest BCUT2D eigenvalue weighted by atomic mass is 127. The van der Waals surface area contributed by atoms with Crippen molar-refractivity contribution >= 4 is 73.1 Å². The lowest BCUT2D eigenvalue weighted by Gasteiger charge is -2.15. The van der Waals surface area contributed by atoms with Crippen LogP contribution in [0.5, 0.6) is 11.5 Å². The summed E-state index contributed by atoms with van der Waals surface area (Å²) in [5.41, 5.74) is 3.50. The summed E-state index contributed by atoms with van der Waals surface area (Å²) in [7, 11) is -3.81. The van der Waals surface area contributed by atoms with Crippen molar-refractivity contribution in [3.63, 3.8) is 0 Å². The Balaban J connectivity index is 0.000000267. The summed E-state index contributed by atoms with van der Waals surface area (Å²) >= 11 is 2.27. The zero-order valence-electron chi connectivity index (χ0n) is 36.2. The Morgan fingerprint density at radius 1 is 0.672 bits per heavy atom. The molecule has 0 amide bonds. The zero-order valence-corrected chi connectivity index (χ0v) is 40.4. The molecule has 6 rings (SSSR count). The van der Waals surface area contributed by atoms with Gasteiger partial charge in [0.05, 0.1) is 23.2 Å². The summed E-state index contributed by atoms with van der Waals surface area (Å²) in [5, 5.41) is 28.3. The SMILES string of the molecule is C.CC(C)Oc1ccc2c(c1)c(-c1ccnc(F)c1)nn2COCC[Si](C)(C)C.CC(C)Oc1ccc2c(c1)c(I)nn2COCC[Si](C)(C)C.OB(O)c1ccnc(F)c1. The van der Waals surface area contributed by atoms with Crippen LogP contribution in [0.25, 0.3) is 33.1 Å². The van der Waals surface area contributed by atoms with Crippen molar-refractivity contribution < 1.29 is 37.8 Å². The smallest absolute Gasteiger partial charge is 0.488 e. The van der Waals surface area contributed by atoms with Crippen molar-refractivity contribution in [2.45, 2.75) is 112 Å². The van der Waals surface area contributed by atoms with Crippen LogP contribution in [-0.2, 0) is 22.9 Å². The lowest BCUT2D eigenvalue weighted by Crippen LogP contribution is -2.30. The van der Waals surface area contributed by atoms with Crippen LogP contribution in [0.4, 0.5) is 8.78 Å². The number of hydrogen-bond acceptors (Lipinski definition) is 10. The number of rotatable bonds is 16. The third kappa shape index (κ3) is 17.1. The standard InChI is InChI=1S/C21H28FN3O2Si.C16H25IN2O2Si.C5H5BFNO2.CH4/c1-15(2)27-17-6-7-19-18(13-17)21(16-8-9-23-20(22)12-16)24-25(19)14-26-10-11-28(3,4)5;1-12(2)21-13-6-7-15-14(10-13)16(17)18-19(15)11-20-8-9-22(3,4)5;7-5-3-4(6(9)10)1-2-8-5;/h6-9,12-13,15H,10-11,14H2,1-5H3;6-7,10,12H,8-9,11H2,1-5H3;1-3,9-10H;1H4. The largest absolute Gasteiger partial charge is 0.491 e. The molecule has 4 heterocycles. The van der Waals surface area contributed by atoms with Crippen LogP contribution in [0.2, 0.25) is 51.4 Å². The van der Waals surface area contributed by atoms with Gasteiger partial charge in [0.25, 0.3) is 0 Å². The first-order chi connectivity index (χ1) is 28.2. The monoisotopic (exact) mass is 990 g/mol. The molecule has 18 heteroatoms. The van der Waals surface area contributed by atoms with E-state index in [4.69, 9.17) is 34.1 Å². The number of aromatic nitrogens is 6. The minimum absolute atomic E-state index is 0. The number of nitrogens with zero attached hydrogens (tertiary/aromatic N) is 6. The lowest BCUT2D eigenvalue weighted by atomic mass is 9.81. The number of ether oxygens (including phenoxy) is 4. The van der Waals surface area contributed by atoms with Gasteiger partial charge in [0.1, 0.15) is 34.4 Å². The highest BCUT2D eigenvalue weighted by molar-refractivity contribution is 14.1. The van der Waals surface area contributed by atoms with Crippen molar-refractivity contribution in [2.24, 2.45) is 0 Å². The van der Waals surface area contributed by atoms with E-state index >= 15 is 0 Å². The first-order valence-electron chi connectivity index (χ1n) is 19.9. The van der Waals surface area contributed by atoms with Gasteiger partial charge in [-0.1, -0.05) is 46.7 Å². The molecule has 0 aliphatic rings. The third-order valence-electron chi connectivity index (χ3n) is 8.61. The first-order valence-corrected chi connectivity index (χ1v) is 28.4. The van der Waals surface area contributed by atoms with Gasteiger partial charge in [0, 0.05) is 64.2 Å². The molecule has 4 aromatic heterocycles. The normalized spacial score (nSPS) is 11.6. The van der Waals surface area contributed by atoms with Gasteiger partial charge in [-0.05, 0) is 122 Å². The van der Waals surface area contributed by atoms with E-state index in [1.54, 1.807) is 6.07 Å². The van der Waals surface area contributed by atoms with Gasteiger partial charge < -0.3 is 29.0 Å². The molecule has 0 bridgehead atoms. The van der Waals surface area contributed by atoms with Crippen molar-refractivity contribution in [2.75, 3.05) is 13.2 Å². The zero-order chi connectivity index (χ0) is 44.2. The molecule has 0 spiro atoms. The molecule has 2 N–H and O–H groups in total. The Bertz CT molecular complexity index is 2280. The van der Waals surface area contributed by atoms with E-state index in [9.17, 15) is 8.78 Å². The van der Waals surface area contributed by atoms with Crippen molar-refractivity contribution in [3.8, 4) is 22.8 Å². The van der Waals surface area contributed by atoms with E-state index in [1.807, 2.05) is 61.3 Å². The number of benzene rings is 2. The van der Waals surface area contributed by atoms with Crippen LogP contribution in [0.15, 0.2) is 73.1 Å². The van der Waals surface area contributed by atoms with E-state index in [-0.39, 0.29) is 25.1 Å². The Hall–Kier alpha value is -3.79. The molecule has 0 saturated carbocycles. The maximum absolute atomic E-state index is 13.7. The third-order valence-corrected chi connectivity index (χ3v) is 12.8. The molecular formula is C43H62BF2IN6O6Si2. The minimum atomic E-state index is -1.63. The number of fused-ring (bicyclic) bond motifs is 2. The summed E-state index contributed by atoms with van der Waals surface area (Å²) in [6, 6.07) is 19.7. The Kier molecular flexibility index (Phi) is 19.9. The second-order valence-corrected chi connectivity index (χ2v) is 29.4. The summed E-state index contributed by atoms with van der Waals surface area (Å²) in [5.74, 6) is 0.406. The van der Waals surface area contributed by atoms with E-state index in [1.165, 1.54) is 30.6 Å². The summed E-state index contributed by atoms with van der Waals surface area (Å²) in [6.07, 6.45) is 2.87. The van der Waals surface area contributed by atoms with Gasteiger partial charge in [-0.2, -0.15) is 19.0 Å². The van der Waals surface area contributed by atoms with Gasteiger partial charge in [0.2, 0.25) is 11.9 Å². The molecule has 332 valence electrons. The highest BCUT2D eigenvalue weighted by Crippen LogP contribution is 2.32. The molecule has 0 unspecified atom stereocenters. The Morgan fingerprint density at radius 3 is 1.61 bits per heavy atom.